The molecule has 0 amide bonds. The molecule has 1 N–H and O–H groups in total. The summed E-state index contributed by atoms with van der Waals surface area (Å²) in [7, 11) is 1.77. The van der Waals surface area contributed by atoms with Gasteiger partial charge in [-0.3, -0.25) is 4.90 Å². The van der Waals surface area contributed by atoms with Crippen molar-refractivity contribution in [3.8, 4) is 0 Å². The summed E-state index contributed by atoms with van der Waals surface area (Å²) < 4.78 is 5.14. The lowest BCUT2D eigenvalue weighted by Crippen LogP contribution is -2.38. The molecule has 0 aliphatic carbocycles. The Labute approximate surface area is 102 Å². The van der Waals surface area contributed by atoms with Crippen molar-refractivity contribution in [2.75, 3.05) is 33.4 Å². The monoisotopic (exact) mass is 230 g/mol. The fraction of sp³-hybridized carbons (Fsp3) is 1.00. The molecule has 1 unspecified atom stereocenters. The van der Waals surface area contributed by atoms with Crippen molar-refractivity contribution in [1.82, 2.24) is 10.2 Å². The van der Waals surface area contributed by atoms with E-state index in [1.165, 1.54) is 12.8 Å². The van der Waals surface area contributed by atoms with Crippen LogP contribution in [0.3, 0.4) is 0 Å². The Morgan fingerprint density at radius 1 is 1.19 bits per heavy atom. The van der Waals surface area contributed by atoms with Gasteiger partial charge < -0.3 is 10.1 Å². The molecule has 0 radical (unpaired) electrons. The number of nitrogens with zero attached hydrogens (tertiary/aromatic N) is 1. The van der Waals surface area contributed by atoms with E-state index in [1.54, 1.807) is 7.11 Å². The molecule has 1 atom stereocenters. The maximum Gasteiger partial charge on any atom is 0.0589 e. The minimum absolute atomic E-state index is 0.605. The van der Waals surface area contributed by atoms with Gasteiger partial charge in [0, 0.05) is 25.7 Å². The molecule has 0 bridgehead atoms. The third-order valence-corrected chi connectivity index (χ3v) is 2.91. The van der Waals surface area contributed by atoms with E-state index < -0.39 is 0 Å². The molecule has 0 aromatic heterocycles. The van der Waals surface area contributed by atoms with E-state index in [1.807, 2.05) is 0 Å². The third kappa shape index (κ3) is 8.08. The van der Waals surface area contributed by atoms with Crippen LogP contribution in [0, 0.1) is 0 Å². The SMILES string of the molecule is CCCNC(C)CCN(CCOC)C(C)C. The van der Waals surface area contributed by atoms with E-state index in [-0.39, 0.29) is 0 Å². The minimum atomic E-state index is 0.605. The first-order valence-corrected chi connectivity index (χ1v) is 6.58. The summed E-state index contributed by atoms with van der Waals surface area (Å²) in [6, 6.07) is 1.22. The quantitative estimate of drug-likeness (QED) is 0.622. The topological polar surface area (TPSA) is 24.5 Å². The molecule has 0 aliphatic heterocycles. The molecule has 0 heterocycles. The van der Waals surface area contributed by atoms with Gasteiger partial charge in [0.15, 0.2) is 0 Å². The fourth-order valence-electron chi connectivity index (χ4n) is 1.69. The predicted octanol–water partition coefficient (Wildman–Crippen LogP) is 2.12. The van der Waals surface area contributed by atoms with E-state index in [0.29, 0.717) is 12.1 Å². The summed E-state index contributed by atoms with van der Waals surface area (Å²) in [6.07, 6.45) is 2.42. The Morgan fingerprint density at radius 3 is 2.38 bits per heavy atom. The van der Waals surface area contributed by atoms with E-state index in [4.69, 9.17) is 4.74 Å². The highest BCUT2D eigenvalue weighted by molar-refractivity contribution is 4.67. The average Bonchev–Trinajstić information content (AvgIpc) is 2.25. The van der Waals surface area contributed by atoms with Gasteiger partial charge in [0.2, 0.25) is 0 Å². The molecule has 3 heteroatoms. The minimum Gasteiger partial charge on any atom is -0.383 e. The molecule has 0 spiro atoms. The summed E-state index contributed by atoms with van der Waals surface area (Å²) in [5, 5.41) is 3.52. The lowest BCUT2D eigenvalue weighted by molar-refractivity contribution is 0.126. The van der Waals surface area contributed by atoms with E-state index in [2.05, 4.69) is 37.9 Å². The molecule has 0 fully saturated rings. The fourth-order valence-corrected chi connectivity index (χ4v) is 1.69. The number of nitrogens with one attached hydrogen (secondary N) is 1. The lowest BCUT2D eigenvalue weighted by atomic mass is 10.2. The van der Waals surface area contributed by atoms with Gasteiger partial charge in [-0.2, -0.15) is 0 Å². The standard InChI is InChI=1S/C13H30N2O/c1-6-8-14-13(4)7-9-15(12(2)3)10-11-16-5/h12-14H,6-11H2,1-5H3. The van der Waals surface area contributed by atoms with Crippen LogP contribution >= 0.6 is 0 Å². The summed E-state index contributed by atoms with van der Waals surface area (Å²) in [4.78, 5) is 2.48. The smallest absolute Gasteiger partial charge is 0.0589 e. The molecule has 0 saturated carbocycles. The van der Waals surface area contributed by atoms with E-state index >= 15 is 0 Å². The van der Waals surface area contributed by atoms with Gasteiger partial charge in [-0.25, -0.2) is 0 Å². The zero-order chi connectivity index (χ0) is 12.4. The van der Waals surface area contributed by atoms with Crippen molar-refractivity contribution in [2.45, 2.75) is 52.6 Å². The van der Waals surface area contributed by atoms with Crippen LogP contribution in [0.15, 0.2) is 0 Å². The number of hydrogen-bond acceptors (Lipinski definition) is 3. The molecular weight excluding hydrogens is 200 g/mol. The molecule has 0 aliphatic rings. The van der Waals surface area contributed by atoms with Gasteiger partial charge in [-0.1, -0.05) is 6.92 Å². The van der Waals surface area contributed by atoms with Crippen molar-refractivity contribution < 1.29 is 4.74 Å². The second kappa shape index (κ2) is 10.1. The highest BCUT2D eigenvalue weighted by atomic mass is 16.5. The van der Waals surface area contributed by atoms with Gasteiger partial charge in [0.25, 0.3) is 0 Å². The summed E-state index contributed by atoms with van der Waals surface area (Å²) in [5.41, 5.74) is 0. The first-order chi connectivity index (χ1) is 7.61. The molecule has 0 rings (SSSR count). The van der Waals surface area contributed by atoms with Gasteiger partial charge in [0.1, 0.15) is 0 Å². The van der Waals surface area contributed by atoms with Crippen LogP contribution in [0.1, 0.15) is 40.5 Å². The Bertz CT molecular complexity index is 151. The van der Waals surface area contributed by atoms with Crippen LogP contribution in [-0.2, 0) is 4.74 Å². The second-order valence-corrected chi connectivity index (χ2v) is 4.77. The van der Waals surface area contributed by atoms with Crippen LogP contribution in [-0.4, -0.2) is 50.3 Å². The second-order valence-electron chi connectivity index (χ2n) is 4.77. The van der Waals surface area contributed by atoms with Crippen LogP contribution in [0.4, 0.5) is 0 Å². The summed E-state index contributed by atoms with van der Waals surface area (Å²) >= 11 is 0. The van der Waals surface area contributed by atoms with Crippen molar-refractivity contribution in [3.63, 3.8) is 0 Å². The van der Waals surface area contributed by atoms with Gasteiger partial charge in [0.05, 0.1) is 6.61 Å². The molecular formula is C13H30N2O. The van der Waals surface area contributed by atoms with Crippen molar-refractivity contribution in [2.24, 2.45) is 0 Å². The van der Waals surface area contributed by atoms with Crippen molar-refractivity contribution >= 4 is 0 Å². The Hall–Kier alpha value is -0.120. The molecule has 0 aromatic carbocycles. The maximum absolute atomic E-state index is 5.14. The highest BCUT2D eigenvalue weighted by Gasteiger charge is 2.10. The first-order valence-electron chi connectivity index (χ1n) is 6.58. The Kier molecular flexibility index (Phi) is 9.99. The van der Waals surface area contributed by atoms with Crippen LogP contribution in [0.25, 0.3) is 0 Å². The normalized spacial score (nSPS) is 13.7. The number of methoxy groups -OCH3 is 1. The highest BCUT2D eigenvalue weighted by Crippen LogP contribution is 2.02. The molecule has 0 saturated heterocycles. The largest absolute Gasteiger partial charge is 0.383 e. The third-order valence-electron chi connectivity index (χ3n) is 2.91. The molecule has 0 aromatic rings. The summed E-state index contributed by atoms with van der Waals surface area (Å²) in [5.74, 6) is 0. The molecule has 98 valence electrons. The van der Waals surface area contributed by atoms with Crippen molar-refractivity contribution in [3.05, 3.63) is 0 Å². The maximum atomic E-state index is 5.14. The first kappa shape index (κ1) is 15.9. The zero-order valence-corrected chi connectivity index (χ0v) is 11.8. The predicted molar refractivity (Wildman–Crippen MR) is 71.0 cm³/mol. The van der Waals surface area contributed by atoms with Gasteiger partial charge in [-0.15, -0.1) is 0 Å². The Balaban J connectivity index is 3.73. The number of ether oxygens (including phenoxy) is 1. The molecule has 16 heavy (non-hydrogen) atoms. The van der Waals surface area contributed by atoms with Gasteiger partial charge in [-0.05, 0) is 46.7 Å². The zero-order valence-electron chi connectivity index (χ0n) is 11.8. The molecule has 3 nitrogen and oxygen atoms in total. The van der Waals surface area contributed by atoms with Crippen LogP contribution < -0.4 is 5.32 Å². The van der Waals surface area contributed by atoms with Crippen LogP contribution in [0.2, 0.25) is 0 Å². The van der Waals surface area contributed by atoms with Crippen molar-refractivity contribution in [1.29, 1.82) is 0 Å². The van der Waals surface area contributed by atoms with E-state index in [9.17, 15) is 0 Å². The number of rotatable bonds is 10. The number of hydrogen-bond donors (Lipinski definition) is 1. The van der Waals surface area contributed by atoms with Crippen LogP contribution in [0.5, 0.6) is 0 Å². The summed E-state index contributed by atoms with van der Waals surface area (Å²) in [6.45, 7) is 13.1. The Morgan fingerprint density at radius 2 is 1.88 bits per heavy atom. The average molecular weight is 230 g/mol. The van der Waals surface area contributed by atoms with Gasteiger partial charge >= 0.3 is 0 Å². The van der Waals surface area contributed by atoms with E-state index in [0.717, 1.165) is 26.2 Å². The lowest BCUT2D eigenvalue weighted by Gasteiger charge is -2.27.